The SMILES string of the molecule is C=Cc1ccccc1COCN(C)C. The molecule has 0 unspecified atom stereocenters. The molecule has 1 rings (SSSR count). The molecule has 0 saturated heterocycles. The van der Waals surface area contributed by atoms with Gasteiger partial charge in [0.15, 0.2) is 0 Å². The zero-order chi connectivity index (χ0) is 10.4. The van der Waals surface area contributed by atoms with Gasteiger partial charge in [0.2, 0.25) is 0 Å². The van der Waals surface area contributed by atoms with Crippen molar-refractivity contribution in [2.75, 3.05) is 20.8 Å². The van der Waals surface area contributed by atoms with Gasteiger partial charge in [-0.3, -0.25) is 4.90 Å². The summed E-state index contributed by atoms with van der Waals surface area (Å²) in [5.74, 6) is 0. The fraction of sp³-hybridized carbons (Fsp3) is 0.333. The van der Waals surface area contributed by atoms with Crippen LogP contribution in [0.1, 0.15) is 11.1 Å². The Bertz CT molecular complexity index is 294. The molecule has 0 N–H and O–H groups in total. The molecule has 1 aromatic rings. The third kappa shape index (κ3) is 3.32. The van der Waals surface area contributed by atoms with Gasteiger partial charge < -0.3 is 4.74 Å². The Morgan fingerprint density at radius 1 is 1.36 bits per heavy atom. The summed E-state index contributed by atoms with van der Waals surface area (Å²) in [5, 5.41) is 0. The normalized spacial score (nSPS) is 10.5. The first kappa shape index (κ1) is 11.0. The lowest BCUT2D eigenvalue weighted by molar-refractivity contribution is 0.0450. The molecule has 0 saturated carbocycles. The summed E-state index contributed by atoms with van der Waals surface area (Å²) >= 11 is 0. The molecular weight excluding hydrogens is 174 g/mol. The zero-order valence-electron chi connectivity index (χ0n) is 8.86. The van der Waals surface area contributed by atoms with Crippen molar-refractivity contribution in [3.63, 3.8) is 0 Å². The number of rotatable bonds is 5. The quantitative estimate of drug-likeness (QED) is 0.662. The molecule has 0 spiro atoms. The average molecular weight is 191 g/mol. The highest BCUT2D eigenvalue weighted by molar-refractivity contribution is 5.51. The summed E-state index contributed by atoms with van der Waals surface area (Å²) in [5.41, 5.74) is 2.33. The van der Waals surface area contributed by atoms with E-state index in [1.165, 1.54) is 5.56 Å². The lowest BCUT2D eigenvalue weighted by Gasteiger charge is -2.11. The fourth-order valence-electron chi connectivity index (χ4n) is 1.20. The van der Waals surface area contributed by atoms with Gasteiger partial charge in [0.25, 0.3) is 0 Å². The van der Waals surface area contributed by atoms with Crippen LogP contribution in [-0.2, 0) is 11.3 Å². The van der Waals surface area contributed by atoms with Crippen molar-refractivity contribution in [3.8, 4) is 0 Å². The van der Waals surface area contributed by atoms with E-state index in [0.29, 0.717) is 13.3 Å². The van der Waals surface area contributed by atoms with Crippen molar-refractivity contribution in [2.45, 2.75) is 6.61 Å². The van der Waals surface area contributed by atoms with Crippen LogP contribution < -0.4 is 0 Å². The first-order chi connectivity index (χ1) is 6.74. The standard InChI is InChI=1S/C12H17NO/c1-4-11-7-5-6-8-12(11)9-14-10-13(2)3/h4-8H,1,9-10H2,2-3H3. The summed E-state index contributed by atoms with van der Waals surface area (Å²) in [6.45, 7) is 5.05. The predicted molar refractivity (Wildman–Crippen MR) is 59.9 cm³/mol. The monoisotopic (exact) mass is 191 g/mol. The maximum absolute atomic E-state index is 5.50. The van der Waals surface area contributed by atoms with Gasteiger partial charge in [-0.05, 0) is 25.2 Å². The molecule has 2 nitrogen and oxygen atoms in total. The number of nitrogens with zero attached hydrogens (tertiary/aromatic N) is 1. The first-order valence-corrected chi connectivity index (χ1v) is 4.67. The molecular formula is C12H17NO. The van der Waals surface area contributed by atoms with Gasteiger partial charge in [0.1, 0.15) is 0 Å². The van der Waals surface area contributed by atoms with Crippen LogP contribution in [-0.4, -0.2) is 25.7 Å². The van der Waals surface area contributed by atoms with E-state index < -0.39 is 0 Å². The Labute approximate surface area is 85.8 Å². The second-order valence-electron chi connectivity index (χ2n) is 3.46. The summed E-state index contributed by atoms with van der Waals surface area (Å²) in [7, 11) is 3.97. The van der Waals surface area contributed by atoms with E-state index in [1.807, 2.05) is 43.3 Å². The molecule has 0 amide bonds. The number of hydrogen-bond donors (Lipinski definition) is 0. The number of hydrogen-bond acceptors (Lipinski definition) is 2. The molecule has 0 aromatic heterocycles. The maximum Gasteiger partial charge on any atom is 0.0989 e. The predicted octanol–water partition coefficient (Wildman–Crippen LogP) is 2.37. The van der Waals surface area contributed by atoms with Gasteiger partial charge >= 0.3 is 0 Å². The molecule has 0 fully saturated rings. The summed E-state index contributed by atoms with van der Waals surface area (Å²) in [6, 6.07) is 8.13. The Hall–Kier alpha value is -1.12. The first-order valence-electron chi connectivity index (χ1n) is 4.67. The van der Waals surface area contributed by atoms with Crippen LogP contribution >= 0.6 is 0 Å². The van der Waals surface area contributed by atoms with Crippen molar-refractivity contribution in [3.05, 3.63) is 42.0 Å². The van der Waals surface area contributed by atoms with Crippen LogP contribution in [0, 0.1) is 0 Å². The van der Waals surface area contributed by atoms with Crippen molar-refractivity contribution in [1.82, 2.24) is 4.90 Å². The zero-order valence-corrected chi connectivity index (χ0v) is 8.86. The average Bonchev–Trinajstić information content (AvgIpc) is 2.18. The third-order valence-corrected chi connectivity index (χ3v) is 1.88. The van der Waals surface area contributed by atoms with Crippen LogP contribution in [0.3, 0.4) is 0 Å². The minimum Gasteiger partial charge on any atom is -0.361 e. The summed E-state index contributed by atoms with van der Waals surface area (Å²) in [6.07, 6.45) is 1.86. The molecule has 0 bridgehead atoms. The maximum atomic E-state index is 5.50. The molecule has 0 aliphatic carbocycles. The highest BCUT2D eigenvalue weighted by atomic mass is 16.5. The molecule has 0 aliphatic rings. The van der Waals surface area contributed by atoms with Crippen molar-refractivity contribution < 1.29 is 4.74 Å². The van der Waals surface area contributed by atoms with Crippen LogP contribution in [0.2, 0.25) is 0 Å². The minimum absolute atomic E-state index is 0.639. The molecule has 76 valence electrons. The van der Waals surface area contributed by atoms with E-state index in [0.717, 1.165) is 5.56 Å². The van der Waals surface area contributed by atoms with Crippen molar-refractivity contribution in [1.29, 1.82) is 0 Å². The van der Waals surface area contributed by atoms with E-state index >= 15 is 0 Å². The van der Waals surface area contributed by atoms with Crippen LogP contribution in [0.25, 0.3) is 6.08 Å². The Kier molecular flexibility index (Phi) is 4.36. The van der Waals surface area contributed by atoms with Crippen LogP contribution in [0.15, 0.2) is 30.8 Å². The Morgan fingerprint density at radius 3 is 2.71 bits per heavy atom. The molecule has 0 heterocycles. The van der Waals surface area contributed by atoms with Gasteiger partial charge in [-0.2, -0.15) is 0 Å². The fourth-order valence-corrected chi connectivity index (χ4v) is 1.20. The van der Waals surface area contributed by atoms with E-state index in [2.05, 4.69) is 12.6 Å². The second kappa shape index (κ2) is 5.58. The lowest BCUT2D eigenvalue weighted by atomic mass is 10.1. The minimum atomic E-state index is 0.639. The smallest absolute Gasteiger partial charge is 0.0989 e. The molecule has 14 heavy (non-hydrogen) atoms. The van der Waals surface area contributed by atoms with Gasteiger partial charge in [-0.15, -0.1) is 0 Å². The van der Waals surface area contributed by atoms with Crippen molar-refractivity contribution >= 4 is 6.08 Å². The molecule has 0 atom stereocenters. The van der Waals surface area contributed by atoms with Gasteiger partial charge in [0.05, 0.1) is 13.3 Å². The number of benzene rings is 1. The topological polar surface area (TPSA) is 12.5 Å². The largest absolute Gasteiger partial charge is 0.361 e. The highest BCUT2D eigenvalue weighted by Crippen LogP contribution is 2.10. The second-order valence-corrected chi connectivity index (χ2v) is 3.46. The lowest BCUT2D eigenvalue weighted by Crippen LogP contribution is -2.15. The summed E-state index contributed by atoms with van der Waals surface area (Å²) < 4.78 is 5.50. The van der Waals surface area contributed by atoms with Gasteiger partial charge in [-0.1, -0.05) is 36.9 Å². The molecule has 2 heteroatoms. The van der Waals surface area contributed by atoms with Gasteiger partial charge in [-0.25, -0.2) is 0 Å². The Balaban J connectivity index is 2.53. The number of ether oxygens (including phenoxy) is 1. The molecule has 1 aromatic carbocycles. The third-order valence-electron chi connectivity index (χ3n) is 1.88. The highest BCUT2D eigenvalue weighted by Gasteiger charge is 1.98. The van der Waals surface area contributed by atoms with Gasteiger partial charge in [0, 0.05) is 0 Å². The molecule has 0 aliphatic heterocycles. The Morgan fingerprint density at radius 2 is 2.07 bits per heavy atom. The van der Waals surface area contributed by atoms with Crippen LogP contribution in [0.4, 0.5) is 0 Å². The van der Waals surface area contributed by atoms with E-state index in [9.17, 15) is 0 Å². The van der Waals surface area contributed by atoms with Crippen molar-refractivity contribution in [2.24, 2.45) is 0 Å². The molecule has 0 radical (unpaired) electrons. The van der Waals surface area contributed by atoms with E-state index in [4.69, 9.17) is 4.74 Å². The van der Waals surface area contributed by atoms with E-state index in [-0.39, 0.29) is 0 Å². The van der Waals surface area contributed by atoms with Crippen LogP contribution in [0.5, 0.6) is 0 Å². The summed E-state index contributed by atoms with van der Waals surface area (Å²) in [4.78, 5) is 2.00. The van der Waals surface area contributed by atoms with E-state index in [1.54, 1.807) is 0 Å².